The van der Waals surface area contributed by atoms with E-state index in [-0.39, 0.29) is 22.4 Å². The number of anilines is 2. The van der Waals surface area contributed by atoms with Gasteiger partial charge in [0.2, 0.25) is 11.8 Å². The molecule has 0 bridgehead atoms. The van der Waals surface area contributed by atoms with Gasteiger partial charge in [-0.05, 0) is 29.7 Å². The van der Waals surface area contributed by atoms with Crippen LogP contribution in [0.5, 0.6) is 11.6 Å². The van der Waals surface area contributed by atoms with E-state index in [1.165, 1.54) is 6.07 Å². The Morgan fingerprint density at radius 2 is 1.83 bits per heavy atom. The lowest BCUT2D eigenvalue weighted by atomic mass is 9.86. The van der Waals surface area contributed by atoms with E-state index in [4.69, 9.17) is 4.74 Å². The van der Waals surface area contributed by atoms with Crippen molar-refractivity contribution in [3.63, 3.8) is 0 Å². The predicted octanol–water partition coefficient (Wildman–Crippen LogP) is 6.07. The van der Waals surface area contributed by atoms with Crippen molar-refractivity contribution in [1.29, 1.82) is 0 Å². The molecule has 148 valence electrons. The van der Waals surface area contributed by atoms with Crippen LogP contribution in [0.2, 0.25) is 0 Å². The van der Waals surface area contributed by atoms with Gasteiger partial charge in [-0.3, -0.25) is 0 Å². The molecule has 2 heterocycles. The largest absolute Gasteiger partial charge is 0.437 e. The van der Waals surface area contributed by atoms with Crippen molar-refractivity contribution in [2.75, 3.05) is 5.32 Å². The SMILES string of the molecule is CC(C)(C)c1ccccc1Oc1ncccc1Nc1nc2c(F)cc(F)cc2[nH]1. The van der Waals surface area contributed by atoms with Gasteiger partial charge >= 0.3 is 0 Å². The summed E-state index contributed by atoms with van der Waals surface area (Å²) in [4.78, 5) is 11.3. The molecule has 0 aliphatic carbocycles. The molecule has 0 radical (unpaired) electrons. The van der Waals surface area contributed by atoms with Crippen molar-refractivity contribution >= 4 is 22.7 Å². The standard InChI is InChI=1S/C22H20F2N4O/c1-22(2,3)14-7-4-5-9-18(14)29-20-16(8-6-10-25-20)26-21-27-17-12-13(23)11-15(24)19(17)28-21/h4-12H,1-3H3,(H2,26,27,28). The van der Waals surface area contributed by atoms with Crippen LogP contribution >= 0.6 is 0 Å². The minimum Gasteiger partial charge on any atom is -0.437 e. The van der Waals surface area contributed by atoms with Gasteiger partial charge in [-0.15, -0.1) is 0 Å². The van der Waals surface area contributed by atoms with Crippen molar-refractivity contribution in [3.05, 3.63) is 71.9 Å². The normalized spacial score (nSPS) is 11.6. The van der Waals surface area contributed by atoms with Crippen molar-refractivity contribution < 1.29 is 13.5 Å². The highest BCUT2D eigenvalue weighted by Gasteiger charge is 2.20. The molecule has 2 aromatic heterocycles. The van der Waals surface area contributed by atoms with E-state index < -0.39 is 11.6 Å². The number of nitrogens with zero attached hydrogens (tertiary/aromatic N) is 2. The van der Waals surface area contributed by atoms with Crippen molar-refractivity contribution in [3.8, 4) is 11.6 Å². The van der Waals surface area contributed by atoms with Crippen molar-refractivity contribution in [2.24, 2.45) is 0 Å². The molecule has 29 heavy (non-hydrogen) atoms. The van der Waals surface area contributed by atoms with E-state index in [0.29, 0.717) is 17.3 Å². The summed E-state index contributed by atoms with van der Waals surface area (Å²) < 4.78 is 33.5. The number of hydrogen-bond acceptors (Lipinski definition) is 4. The zero-order chi connectivity index (χ0) is 20.6. The molecule has 0 saturated carbocycles. The average Bonchev–Trinajstić information content (AvgIpc) is 3.05. The van der Waals surface area contributed by atoms with Gasteiger partial charge < -0.3 is 15.0 Å². The maximum atomic E-state index is 13.9. The molecule has 0 amide bonds. The Hall–Kier alpha value is -3.48. The highest BCUT2D eigenvalue weighted by atomic mass is 19.1. The van der Waals surface area contributed by atoms with Crippen molar-refractivity contribution in [1.82, 2.24) is 15.0 Å². The van der Waals surface area contributed by atoms with Gasteiger partial charge in [0, 0.05) is 17.8 Å². The van der Waals surface area contributed by atoms with Gasteiger partial charge in [-0.25, -0.2) is 18.7 Å². The molecule has 2 aromatic carbocycles. The molecule has 0 aliphatic rings. The van der Waals surface area contributed by atoms with E-state index in [9.17, 15) is 8.78 Å². The summed E-state index contributed by atoms with van der Waals surface area (Å²) in [6, 6.07) is 13.3. The van der Waals surface area contributed by atoms with Gasteiger partial charge in [0.25, 0.3) is 0 Å². The van der Waals surface area contributed by atoms with E-state index in [2.05, 4.69) is 41.0 Å². The molecule has 0 saturated heterocycles. The Morgan fingerprint density at radius 3 is 2.62 bits per heavy atom. The number of nitrogens with one attached hydrogen (secondary N) is 2. The Bertz CT molecular complexity index is 1180. The van der Waals surface area contributed by atoms with Crippen molar-refractivity contribution in [2.45, 2.75) is 26.2 Å². The molecule has 0 unspecified atom stereocenters. The Kier molecular flexibility index (Phi) is 4.66. The van der Waals surface area contributed by atoms with Crippen LogP contribution in [-0.2, 0) is 5.41 Å². The highest BCUT2D eigenvalue weighted by molar-refractivity contribution is 5.79. The first-order chi connectivity index (χ1) is 13.8. The summed E-state index contributed by atoms with van der Waals surface area (Å²) in [5, 5.41) is 3.04. The minimum absolute atomic E-state index is 0.0540. The number of imidazole rings is 1. The molecule has 0 spiro atoms. The van der Waals surface area contributed by atoms with Crippen LogP contribution in [0.4, 0.5) is 20.4 Å². The second-order valence-electron chi connectivity index (χ2n) is 7.70. The lowest BCUT2D eigenvalue weighted by molar-refractivity contribution is 0.442. The monoisotopic (exact) mass is 394 g/mol. The van der Waals surface area contributed by atoms with Gasteiger partial charge in [0.05, 0.1) is 5.52 Å². The summed E-state index contributed by atoms with van der Waals surface area (Å²) in [5.74, 6) is -0.109. The summed E-state index contributed by atoms with van der Waals surface area (Å²) in [6.07, 6.45) is 1.62. The van der Waals surface area contributed by atoms with E-state index in [1.54, 1.807) is 18.3 Å². The number of rotatable bonds is 4. The fourth-order valence-corrected chi connectivity index (χ4v) is 3.08. The van der Waals surface area contributed by atoms with Crippen LogP contribution in [0.15, 0.2) is 54.7 Å². The molecular formula is C22H20F2N4O. The number of fused-ring (bicyclic) bond motifs is 1. The number of pyridine rings is 1. The zero-order valence-corrected chi connectivity index (χ0v) is 16.3. The van der Waals surface area contributed by atoms with Crippen LogP contribution in [0, 0.1) is 11.6 Å². The number of para-hydroxylation sites is 1. The summed E-state index contributed by atoms with van der Waals surface area (Å²) in [7, 11) is 0. The second-order valence-corrected chi connectivity index (χ2v) is 7.70. The average molecular weight is 394 g/mol. The van der Waals surface area contributed by atoms with E-state index in [1.807, 2.05) is 24.3 Å². The number of aromatic amines is 1. The first kappa shape index (κ1) is 18.9. The molecule has 2 N–H and O–H groups in total. The number of aromatic nitrogens is 3. The Balaban J connectivity index is 1.68. The predicted molar refractivity (Wildman–Crippen MR) is 109 cm³/mol. The smallest absolute Gasteiger partial charge is 0.243 e. The van der Waals surface area contributed by atoms with Crippen LogP contribution in [0.25, 0.3) is 11.0 Å². The van der Waals surface area contributed by atoms with Gasteiger partial charge in [0.1, 0.15) is 22.8 Å². The van der Waals surface area contributed by atoms with Crippen LogP contribution in [0.3, 0.4) is 0 Å². The van der Waals surface area contributed by atoms with Crippen LogP contribution in [0.1, 0.15) is 26.3 Å². The first-order valence-electron chi connectivity index (χ1n) is 9.15. The lowest BCUT2D eigenvalue weighted by Crippen LogP contribution is -2.12. The topological polar surface area (TPSA) is 62.8 Å². The highest BCUT2D eigenvalue weighted by Crippen LogP contribution is 2.36. The number of ether oxygens (including phenoxy) is 1. The number of H-pyrrole nitrogens is 1. The molecule has 4 aromatic rings. The van der Waals surface area contributed by atoms with Gasteiger partial charge in [0.15, 0.2) is 5.82 Å². The second kappa shape index (κ2) is 7.16. The van der Waals surface area contributed by atoms with Crippen LogP contribution in [-0.4, -0.2) is 15.0 Å². The summed E-state index contributed by atoms with van der Waals surface area (Å²) in [6.45, 7) is 6.32. The van der Waals surface area contributed by atoms with Gasteiger partial charge in [-0.2, -0.15) is 0 Å². The molecule has 7 heteroatoms. The zero-order valence-electron chi connectivity index (χ0n) is 16.3. The maximum Gasteiger partial charge on any atom is 0.243 e. The third-order valence-corrected chi connectivity index (χ3v) is 4.43. The minimum atomic E-state index is -0.730. The number of hydrogen-bond donors (Lipinski definition) is 2. The van der Waals surface area contributed by atoms with E-state index in [0.717, 1.165) is 11.6 Å². The maximum absolute atomic E-state index is 13.9. The van der Waals surface area contributed by atoms with Gasteiger partial charge in [-0.1, -0.05) is 39.0 Å². The molecule has 4 rings (SSSR count). The third-order valence-electron chi connectivity index (χ3n) is 4.43. The van der Waals surface area contributed by atoms with Crippen LogP contribution < -0.4 is 10.1 Å². The Morgan fingerprint density at radius 1 is 1.03 bits per heavy atom. The number of halogens is 2. The Labute approximate surface area is 166 Å². The third kappa shape index (κ3) is 3.89. The molecular weight excluding hydrogens is 374 g/mol. The molecule has 0 aliphatic heterocycles. The molecule has 0 fully saturated rings. The molecule has 5 nitrogen and oxygen atoms in total. The fourth-order valence-electron chi connectivity index (χ4n) is 3.08. The summed E-state index contributed by atoms with van der Waals surface area (Å²) in [5.41, 5.74) is 1.78. The first-order valence-corrected chi connectivity index (χ1v) is 9.15. The lowest BCUT2D eigenvalue weighted by Gasteiger charge is -2.22. The summed E-state index contributed by atoms with van der Waals surface area (Å²) >= 11 is 0. The molecule has 0 atom stereocenters. The van der Waals surface area contributed by atoms with E-state index >= 15 is 0 Å². The quantitative estimate of drug-likeness (QED) is 0.441. The number of benzene rings is 2. The fraction of sp³-hybridized carbons (Fsp3) is 0.182.